The molecule has 10 heteroatoms. The van der Waals surface area contributed by atoms with E-state index in [0.717, 1.165) is 21.7 Å². The van der Waals surface area contributed by atoms with Crippen LogP contribution in [0.1, 0.15) is 43.9 Å². The maximum atomic E-state index is 13.8. The van der Waals surface area contributed by atoms with Gasteiger partial charge in [-0.2, -0.15) is 0 Å². The Bertz CT molecular complexity index is 1200. The van der Waals surface area contributed by atoms with E-state index in [2.05, 4.69) is 5.32 Å². The number of benzene rings is 2. The first-order valence-electron chi connectivity index (χ1n) is 11.8. The summed E-state index contributed by atoms with van der Waals surface area (Å²) in [6, 6.07) is 9.40. The minimum Gasteiger partial charge on any atom is -0.354 e. The van der Waals surface area contributed by atoms with Crippen molar-refractivity contribution in [2.75, 3.05) is 23.7 Å². The van der Waals surface area contributed by atoms with Crippen LogP contribution >= 0.6 is 23.2 Å². The van der Waals surface area contributed by atoms with Gasteiger partial charge in [0.1, 0.15) is 12.6 Å². The maximum Gasteiger partial charge on any atom is 0.244 e. The van der Waals surface area contributed by atoms with E-state index in [-0.39, 0.29) is 18.4 Å². The number of carbonyl (C=O) groups excluding carboxylic acids is 2. The number of nitrogens with one attached hydrogen (secondary N) is 1. The van der Waals surface area contributed by atoms with Crippen LogP contribution in [0.5, 0.6) is 0 Å². The molecule has 0 saturated heterocycles. The normalized spacial score (nSPS) is 12.4. The first-order chi connectivity index (χ1) is 16.8. The molecule has 0 bridgehead atoms. The van der Waals surface area contributed by atoms with Gasteiger partial charge in [-0.25, -0.2) is 8.42 Å². The molecular formula is C26H35Cl2N3O4S. The van der Waals surface area contributed by atoms with Crippen molar-refractivity contribution in [3.8, 4) is 0 Å². The number of halogens is 2. The summed E-state index contributed by atoms with van der Waals surface area (Å²) in [6.07, 6.45) is 1.40. The molecular weight excluding hydrogens is 521 g/mol. The summed E-state index contributed by atoms with van der Waals surface area (Å²) in [6.45, 7) is 9.47. The molecule has 1 unspecified atom stereocenters. The molecule has 1 atom stereocenters. The van der Waals surface area contributed by atoms with Gasteiger partial charge in [-0.15, -0.1) is 0 Å². The predicted molar refractivity (Wildman–Crippen MR) is 147 cm³/mol. The fourth-order valence-electron chi connectivity index (χ4n) is 3.78. The number of sulfonamides is 1. The lowest BCUT2D eigenvalue weighted by Crippen LogP contribution is -2.52. The molecule has 7 nitrogen and oxygen atoms in total. The van der Waals surface area contributed by atoms with E-state index in [1.165, 1.54) is 4.90 Å². The number of amides is 2. The zero-order chi connectivity index (χ0) is 27.2. The van der Waals surface area contributed by atoms with Crippen LogP contribution in [-0.4, -0.2) is 50.5 Å². The minimum absolute atomic E-state index is 0.0207. The summed E-state index contributed by atoms with van der Waals surface area (Å²) >= 11 is 12.4. The molecule has 0 spiro atoms. The van der Waals surface area contributed by atoms with E-state index in [9.17, 15) is 18.0 Å². The second kappa shape index (κ2) is 12.8. The predicted octanol–water partition coefficient (Wildman–Crippen LogP) is 4.96. The first kappa shape index (κ1) is 29.9. The lowest BCUT2D eigenvalue weighted by Gasteiger charge is -2.33. The van der Waals surface area contributed by atoms with Gasteiger partial charge in [0.25, 0.3) is 0 Å². The molecule has 0 heterocycles. The Hall–Kier alpha value is -2.29. The Morgan fingerprint density at radius 3 is 2.31 bits per heavy atom. The van der Waals surface area contributed by atoms with E-state index in [4.69, 9.17) is 23.2 Å². The van der Waals surface area contributed by atoms with Gasteiger partial charge >= 0.3 is 0 Å². The highest BCUT2D eigenvalue weighted by molar-refractivity contribution is 7.92. The van der Waals surface area contributed by atoms with Crippen LogP contribution in [0.2, 0.25) is 10.0 Å². The summed E-state index contributed by atoms with van der Waals surface area (Å²) in [5.41, 5.74) is 2.68. The van der Waals surface area contributed by atoms with Crippen molar-refractivity contribution in [2.45, 2.75) is 53.6 Å². The van der Waals surface area contributed by atoms with Crippen LogP contribution in [0, 0.1) is 19.8 Å². The molecule has 0 fully saturated rings. The van der Waals surface area contributed by atoms with Crippen LogP contribution in [0.4, 0.5) is 5.69 Å². The average Bonchev–Trinajstić information content (AvgIpc) is 2.78. The molecule has 198 valence electrons. The molecule has 2 aromatic carbocycles. The maximum absolute atomic E-state index is 13.8. The first-order valence-corrected chi connectivity index (χ1v) is 14.4. The van der Waals surface area contributed by atoms with Gasteiger partial charge in [0.2, 0.25) is 21.8 Å². The van der Waals surface area contributed by atoms with Crippen molar-refractivity contribution in [3.63, 3.8) is 0 Å². The Morgan fingerprint density at radius 1 is 1.08 bits per heavy atom. The molecule has 0 aliphatic heterocycles. The van der Waals surface area contributed by atoms with E-state index in [0.29, 0.717) is 34.3 Å². The van der Waals surface area contributed by atoms with Crippen LogP contribution < -0.4 is 9.62 Å². The van der Waals surface area contributed by atoms with Gasteiger partial charge in [-0.05, 0) is 61.1 Å². The third kappa shape index (κ3) is 7.85. The summed E-state index contributed by atoms with van der Waals surface area (Å²) < 4.78 is 26.7. The second-order valence-electron chi connectivity index (χ2n) is 9.31. The van der Waals surface area contributed by atoms with Crippen LogP contribution in [0.15, 0.2) is 36.4 Å². The lowest BCUT2D eigenvalue weighted by molar-refractivity contribution is -0.140. The third-order valence-corrected chi connectivity index (χ3v) is 7.66. The molecule has 0 aromatic heterocycles. The van der Waals surface area contributed by atoms with Gasteiger partial charge < -0.3 is 10.2 Å². The second-order valence-corrected chi connectivity index (χ2v) is 12.1. The molecule has 2 rings (SSSR count). The fourth-order valence-corrected chi connectivity index (χ4v) is 5.14. The highest BCUT2D eigenvalue weighted by Gasteiger charge is 2.32. The molecule has 0 saturated carbocycles. The van der Waals surface area contributed by atoms with Gasteiger partial charge in [0.05, 0.1) is 11.9 Å². The largest absolute Gasteiger partial charge is 0.354 e. The Kier molecular flexibility index (Phi) is 10.6. The van der Waals surface area contributed by atoms with Crippen molar-refractivity contribution in [1.29, 1.82) is 0 Å². The van der Waals surface area contributed by atoms with Crippen molar-refractivity contribution in [3.05, 3.63) is 63.1 Å². The number of hydrogen-bond acceptors (Lipinski definition) is 4. The van der Waals surface area contributed by atoms with Crippen molar-refractivity contribution in [2.24, 2.45) is 5.92 Å². The van der Waals surface area contributed by atoms with Gasteiger partial charge in [-0.3, -0.25) is 13.9 Å². The van der Waals surface area contributed by atoms with Crippen LogP contribution in [0.25, 0.3) is 0 Å². The van der Waals surface area contributed by atoms with E-state index in [1.54, 1.807) is 30.3 Å². The standard InChI is InChI=1S/C26H35Cl2N3O4S/c1-7-23(26(33)29-14-17(2)3)30(15-20-11-12-21(27)13-22(20)28)25(32)16-31(36(6,34)35)24-10-8-9-18(4)19(24)5/h8-13,17,23H,7,14-16H2,1-6H3,(H,29,33). The molecule has 2 aromatic rings. The van der Waals surface area contributed by atoms with Crippen molar-refractivity contribution < 1.29 is 18.0 Å². The number of carbonyl (C=O) groups is 2. The summed E-state index contributed by atoms with van der Waals surface area (Å²) in [5, 5.41) is 3.69. The molecule has 1 N–H and O–H groups in total. The van der Waals surface area contributed by atoms with Gasteiger partial charge in [0, 0.05) is 23.1 Å². The number of aryl methyl sites for hydroxylation is 1. The topological polar surface area (TPSA) is 86.8 Å². The minimum atomic E-state index is -3.80. The van der Waals surface area contributed by atoms with Crippen molar-refractivity contribution >= 4 is 50.7 Å². The Balaban J connectivity index is 2.50. The molecule has 0 aliphatic carbocycles. The molecule has 0 radical (unpaired) electrons. The molecule has 0 aliphatic rings. The fraction of sp³-hybridized carbons (Fsp3) is 0.462. The number of anilines is 1. The zero-order valence-corrected chi connectivity index (χ0v) is 24.0. The smallest absolute Gasteiger partial charge is 0.244 e. The third-order valence-electron chi connectivity index (χ3n) is 5.95. The highest BCUT2D eigenvalue weighted by atomic mass is 35.5. The average molecular weight is 557 g/mol. The summed E-state index contributed by atoms with van der Waals surface area (Å²) in [7, 11) is -3.80. The SMILES string of the molecule is CCC(C(=O)NCC(C)C)N(Cc1ccc(Cl)cc1Cl)C(=O)CN(c1cccc(C)c1C)S(C)(=O)=O. The summed E-state index contributed by atoms with van der Waals surface area (Å²) in [4.78, 5) is 28.3. The van der Waals surface area contributed by atoms with Crippen molar-refractivity contribution in [1.82, 2.24) is 10.2 Å². The Labute approximate surface area is 224 Å². The Morgan fingerprint density at radius 2 is 1.75 bits per heavy atom. The number of hydrogen-bond donors (Lipinski definition) is 1. The van der Waals surface area contributed by atoms with E-state index < -0.39 is 28.5 Å². The summed E-state index contributed by atoms with van der Waals surface area (Å²) in [5.74, 6) is -0.590. The quantitative estimate of drug-likeness (QED) is 0.424. The zero-order valence-electron chi connectivity index (χ0n) is 21.6. The number of rotatable bonds is 11. The monoisotopic (exact) mass is 555 g/mol. The van der Waals surface area contributed by atoms with E-state index in [1.807, 2.05) is 40.7 Å². The lowest BCUT2D eigenvalue weighted by atomic mass is 10.1. The van der Waals surface area contributed by atoms with Gasteiger partial charge in [0.15, 0.2) is 0 Å². The number of nitrogens with zero attached hydrogens (tertiary/aromatic N) is 2. The highest BCUT2D eigenvalue weighted by Crippen LogP contribution is 2.27. The van der Waals surface area contributed by atoms with Crippen LogP contribution in [-0.2, 0) is 26.2 Å². The van der Waals surface area contributed by atoms with Crippen LogP contribution in [0.3, 0.4) is 0 Å². The molecule has 36 heavy (non-hydrogen) atoms. The molecule has 2 amide bonds. The van der Waals surface area contributed by atoms with E-state index >= 15 is 0 Å². The van der Waals surface area contributed by atoms with Gasteiger partial charge in [-0.1, -0.05) is 62.2 Å².